The lowest BCUT2D eigenvalue weighted by Crippen LogP contribution is -2.33. The zero-order chi connectivity index (χ0) is 17.6. The smallest absolute Gasteiger partial charge is 0.226 e. The van der Waals surface area contributed by atoms with Gasteiger partial charge in [0.1, 0.15) is 11.6 Å². The SMILES string of the molecule is Cc1cnn(Cc2cccc(F)c2)c1NC(=O)CCN1CCCCO1. The first kappa shape index (κ1) is 17.6. The van der Waals surface area contributed by atoms with Gasteiger partial charge in [-0.15, -0.1) is 0 Å². The van der Waals surface area contributed by atoms with Crippen molar-refractivity contribution >= 4 is 11.7 Å². The molecule has 1 N–H and O–H groups in total. The number of hydrogen-bond acceptors (Lipinski definition) is 4. The predicted molar refractivity (Wildman–Crippen MR) is 92.5 cm³/mol. The highest BCUT2D eigenvalue weighted by Crippen LogP contribution is 2.17. The van der Waals surface area contributed by atoms with Crippen molar-refractivity contribution in [3.8, 4) is 0 Å². The van der Waals surface area contributed by atoms with E-state index in [2.05, 4.69) is 10.4 Å². The number of halogens is 1. The van der Waals surface area contributed by atoms with Crippen molar-refractivity contribution in [2.75, 3.05) is 25.0 Å². The number of anilines is 1. The molecule has 3 rings (SSSR count). The van der Waals surface area contributed by atoms with Crippen LogP contribution in [0.5, 0.6) is 0 Å². The standard InChI is InChI=1S/C18H23FN4O2/c1-14-12-20-23(13-15-5-4-6-16(19)11-15)18(14)21-17(24)7-9-22-8-2-3-10-25-22/h4-6,11-12H,2-3,7-10,13H2,1H3,(H,21,24). The summed E-state index contributed by atoms with van der Waals surface area (Å²) in [4.78, 5) is 17.8. The second-order valence-corrected chi connectivity index (χ2v) is 6.23. The average molecular weight is 346 g/mol. The maximum atomic E-state index is 13.3. The van der Waals surface area contributed by atoms with E-state index in [1.807, 2.05) is 18.1 Å². The summed E-state index contributed by atoms with van der Waals surface area (Å²) in [6.07, 6.45) is 4.22. The molecule has 0 aliphatic carbocycles. The molecule has 1 fully saturated rings. The molecule has 0 bridgehead atoms. The fourth-order valence-corrected chi connectivity index (χ4v) is 2.82. The minimum Gasteiger partial charge on any atom is -0.311 e. The molecule has 0 atom stereocenters. The minimum atomic E-state index is -0.284. The highest BCUT2D eigenvalue weighted by molar-refractivity contribution is 5.90. The van der Waals surface area contributed by atoms with E-state index < -0.39 is 0 Å². The summed E-state index contributed by atoms with van der Waals surface area (Å²) in [7, 11) is 0. The summed E-state index contributed by atoms with van der Waals surface area (Å²) in [5.41, 5.74) is 1.67. The molecule has 1 aliphatic rings. The lowest BCUT2D eigenvalue weighted by atomic mass is 10.2. The molecule has 1 aromatic carbocycles. The van der Waals surface area contributed by atoms with Gasteiger partial charge >= 0.3 is 0 Å². The van der Waals surface area contributed by atoms with E-state index in [9.17, 15) is 9.18 Å². The minimum absolute atomic E-state index is 0.0849. The molecule has 134 valence electrons. The quantitative estimate of drug-likeness (QED) is 0.874. The fraction of sp³-hybridized carbons (Fsp3) is 0.444. The van der Waals surface area contributed by atoms with Gasteiger partial charge < -0.3 is 5.32 Å². The van der Waals surface area contributed by atoms with Gasteiger partial charge in [-0.2, -0.15) is 10.2 Å². The van der Waals surface area contributed by atoms with Crippen LogP contribution < -0.4 is 5.32 Å². The van der Waals surface area contributed by atoms with E-state index in [1.165, 1.54) is 12.1 Å². The van der Waals surface area contributed by atoms with Crippen molar-refractivity contribution in [3.63, 3.8) is 0 Å². The number of nitrogens with zero attached hydrogens (tertiary/aromatic N) is 3. The van der Waals surface area contributed by atoms with E-state index in [0.717, 1.165) is 37.1 Å². The van der Waals surface area contributed by atoms with Crippen LogP contribution in [0.4, 0.5) is 10.2 Å². The van der Waals surface area contributed by atoms with Gasteiger partial charge in [0, 0.05) is 25.1 Å². The van der Waals surface area contributed by atoms with E-state index in [-0.39, 0.29) is 11.7 Å². The number of aromatic nitrogens is 2. The number of aryl methyl sites for hydroxylation is 1. The maximum absolute atomic E-state index is 13.3. The van der Waals surface area contributed by atoms with Crippen LogP contribution in [0.15, 0.2) is 30.5 Å². The second-order valence-electron chi connectivity index (χ2n) is 6.23. The zero-order valence-electron chi connectivity index (χ0n) is 14.4. The topological polar surface area (TPSA) is 59.4 Å². The normalized spacial score (nSPS) is 15.3. The highest BCUT2D eigenvalue weighted by Gasteiger charge is 2.15. The predicted octanol–water partition coefficient (Wildman–Crippen LogP) is 2.73. The summed E-state index contributed by atoms with van der Waals surface area (Å²) in [6, 6.07) is 6.37. The second kappa shape index (κ2) is 8.22. The van der Waals surface area contributed by atoms with Gasteiger partial charge in [-0.3, -0.25) is 9.63 Å². The molecule has 1 aromatic heterocycles. The first-order chi connectivity index (χ1) is 12.1. The van der Waals surface area contributed by atoms with Crippen molar-refractivity contribution in [2.24, 2.45) is 0 Å². The van der Waals surface area contributed by atoms with Crippen LogP contribution >= 0.6 is 0 Å². The fourth-order valence-electron chi connectivity index (χ4n) is 2.82. The number of benzene rings is 1. The van der Waals surface area contributed by atoms with Crippen LogP contribution in [0, 0.1) is 12.7 Å². The summed E-state index contributed by atoms with van der Waals surface area (Å²) in [6.45, 7) is 4.45. The Balaban J connectivity index is 1.60. The number of carbonyl (C=O) groups is 1. The molecule has 0 spiro atoms. The van der Waals surface area contributed by atoms with E-state index in [4.69, 9.17) is 4.84 Å². The van der Waals surface area contributed by atoms with Crippen LogP contribution in [-0.2, 0) is 16.2 Å². The van der Waals surface area contributed by atoms with Gasteiger partial charge in [-0.25, -0.2) is 9.07 Å². The summed E-state index contributed by atoms with van der Waals surface area (Å²) >= 11 is 0. The van der Waals surface area contributed by atoms with Crippen molar-refractivity contribution in [2.45, 2.75) is 32.7 Å². The van der Waals surface area contributed by atoms with Gasteiger partial charge in [0.2, 0.25) is 5.91 Å². The molecule has 0 radical (unpaired) electrons. The number of rotatable bonds is 6. The average Bonchev–Trinajstić information content (AvgIpc) is 2.94. The molecular weight excluding hydrogens is 323 g/mol. The number of carbonyl (C=O) groups excluding carboxylic acids is 1. The van der Waals surface area contributed by atoms with Crippen LogP contribution in [-0.4, -0.2) is 40.4 Å². The number of hydroxylamine groups is 2. The van der Waals surface area contributed by atoms with E-state index >= 15 is 0 Å². The van der Waals surface area contributed by atoms with Gasteiger partial charge in [0.15, 0.2) is 0 Å². The Kier molecular flexibility index (Phi) is 5.78. The van der Waals surface area contributed by atoms with Crippen LogP contribution in [0.2, 0.25) is 0 Å². The van der Waals surface area contributed by atoms with Crippen molar-refractivity contribution in [1.29, 1.82) is 0 Å². The van der Waals surface area contributed by atoms with Gasteiger partial charge in [0.25, 0.3) is 0 Å². The highest BCUT2D eigenvalue weighted by atomic mass is 19.1. The Bertz CT molecular complexity index is 726. The zero-order valence-corrected chi connectivity index (χ0v) is 14.4. The third-order valence-electron chi connectivity index (χ3n) is 4.17. The lowest BCUT2D eigenvalue weighted by Gasteiger charge is -2.25. The number of amides is 1. The summed E-state index contributed by atoms with van der Waals surface area (Å²) < 4.78 is 15.0. The Morgan fingerprint density at radius 1 is 1.40 bits per heavy atom. The Labute approximate surface area is 146 Å². The third kappa shape index (κ3) is 4.87. The number of nitrogens with one attached hydrogen (secondary N) is 1. The first-order valence-corrected chi connectivity index (χ1v) is 8.56. The summed E-state index contributed by atoms with van der Waals surface area (Å²) in [5, 5.41) is 9.05. The summed E-state index contributed by atoms with van der Waals surface area (Å²) in [5.74, 6) is 0.278. The number of hydrogen-bond donors (Lipinski definition) is 1. The van der Waals surface area contributed by atoms with Gasteiger partial charge in [-0.1, -0.05) is 12.1 Å². The van der Waals surface area contributed by atoms with E-state index in [0.29, 0.717) is 25.3 Å². The van der Waals surface area contributed by atoms with Crippen molar-refractivity contribution < 1.29 is 14.0 Å². The molecule has 2 aromatic rings. The molecule has 25 heavy (non-hydrogen) atoms. The molecule has 1 amide bonds. The van der Waals surface area contributed by atoms with Gasteiger partial charge in [0.05, 0.1) is 19.3 Å². The first-order valence-electron chi connectivity index (χ1n) is 8.56. The monoisotopic (exact) mass is 346 g/mol. The molecule has 2 heterocycles. The van der Waals surface area contributed by atoms with Gasteiger partial charge in [-0.05, 0) is 37.5 Å². The molecule has 0 saturated carbocycles. The van der Waals surface area contributed by atoms with E-state index in [1.54, 1.807) is 16.9 Å². The molecule has 6 nitrogen and oxygen atoms in total. The van der Waals surface area contributed by atoms with Crippen molar-refractivity contribution in [3.05, 3.63) is 47.4 Å². The third-order valence-corrected chi connectivity index (χ3v) is 4.17. The Morgan fingerprint density at radius 3 is 3.04 bits per heavy atom. The Morgan fingerprint density at radius 2 is 2.28 bits per heavy atom. The molecule has 1 aliphatic heterocycles. The largest absolute Gasteiger partial charge is 0.311 e. The van der Waals surface area contributed by atoms with Crippen molar-refractivity contribution in [1.82, 2.24) is 14.8 Å². The maximum Gasteiger partial charge on any atom is 0.226 e. The molecule has 0 unspecified atom stereocenters. The molecule has 1 saturated heterocycles. The van der Waals surface area contributed by atoms with Crippen LogP contribution in [0.3, 0.4) is 0 Å². The molecular formula is C18H23FN4O2. The Hall–Kier alpha value is -2.25. The lowest BCUT2D eigenvalue weighted by molar-refractivity contribution is -0.181. The van der Waals surface area contributed by atoms with Crippen LogP contribution in [0.25, 0.3) is 0 Å². The van der Waals surface area contributed by atoms with Crippen LogP contribution in [0.1, 0.15) is 30.4 Å². The molecule has 7 heteroatoms.